The van der Waals surface area contributed by atoms with Gasteiger partial charge in [0.1, 0.15) is 0 Å². The molecule has 0 saturated heterocycles. The van der Waals surface area contributed by atoms with Crippen molar-refractivity contribution in [3.8, 4) is 17.2 Å². The molecule has 1 aromatic heterocycles. The number of nitrogens with zero attached hydrogens (tertiary/aromatic N) is 2. The van der Waals surface area contributed by atoms with Gasteiger partial charge in [-0.1, -0.05) is 24.3 Å². The Balaban J connectivity index is 1.62. The van der Waals surface area contributed by atoms with E-state index in [4.69, 9.17) is 9.47 Å². The van der Waals surface area contributed by atoms with Gasteiger partial charge in [-0.15, -0.1) is 5.10 Å². The highest BCUT2D eigenvalue weighted by atomic mass is 16.5. The third-order valence-electron chi connectivity index (χ3n) is 4.14. The average molecular weight is 396 g/mol. The van der Waals surface area contributed by atoms with E-state index in [1.165, 1.54) is 0 Å². The van der Waals surface area contributed by atoms with Gasteiger partial charge in [0.15, 0.2) is 11.5 Å². The maximum atomic E-state index is 12.3. The van der Waals surface area contributed by atoms with Gasteiger partial charge >= 0.3 is 5.69 Å². The largest absolute Gasteiger partial charge is 0.490 e. The highest BCUT2D eigenvalue weighted by Gasteiger charge is 2.14. The molecule has 2 aromatic carbocycles. The number of hydrogen-bond acceptors (Lipinski definition) is 5. The first kappa shape index (κ1) is 20.2. The number of rotatable bonds is 9. The van der Waals surface area contributed by atoms with Gasteiger partial charge in [0.2, 0.25) is 5.82 Å². The average Bonchev–Trinajstić information content (AvgIpc) is 3.12. The Kier molecular flexibility index (Phi) is 6.67. The number of H-pyrrole nitrogens is 1. The van der Waals surface area contributed by atoms with Crippen LogP contribution in [0.2, 0.25) is 0 Å². The minimum atomic E-state index is -0.464. The summed E-state index contributed by atoms with van der Waals surface area (Å²) in [6.07, 6.45) is 0.599. The zero-order chi connectivity index (χ0) is 20.6. The second-order valence-corrected chi connectivity index (χ2v) is 6.18. The van der Waals surface area contributed by atoms with Crippen molar-refractivity contribution in [3.05, 3.63) is 70.4 Å². The predicted molar refractivity (Wildman–Crippen MR) is 109 cm³/mol. The topological polar surface area (TPSA) is 98.2 Å². The number of amides is 1. The summed E-state index contributed by atoms with van der Waals surface area (Å²) < 4.78 is 12.3. The van der Waals surface area contributed by atoms with Crippen molar-refractivity contribution < 1.29 is 14.3 Å². The Bertz CT molecular complexity index is 1010. The number of benzene rings is 2. The molecule has 29 heavy (non-hydrogen) atoms. The Morgan fingerprint density at radius 2 is 1.79 bits per heavy atom. The van der Waals surface area contributed by atoms with Crippen molar-refractivity contribution in [2.24, 2.45) is 0 Å². The smallest absolute Gasteiger partial charge is 0.348 e. The van der Waals surface area contributed by atoms with Crippen molar-refractivity contribution in [1.82, 2.24) is 20.1 Å². The molecule has 1 amide bonds. The van der Waals surface area contributed by atoms with E-state index in [1.807, 2.05) is 38.1 Å². The van der Waals surface area contributed by atoms with Crippen LogP contribution in [0.1, 0.15) is 30.0 Å². The van der Waals surface area contributed by atoms with E-state index in [1.54, 1.807) is 24.3 Å². The second-order valence-electron chi connectivity index (χ2n) is 6.18. The summed E-state index contributed by atoms with van der Waals surface area (Å²) in [5, 5.41) is 6.85. The molecule has 0 aliphatic heterocycles. The van der Waals surface area contributed by atoms with E-state index in [2.05, 4.69) is 15.4 Å². The van der Waals surface area contributed by atoms with Crippen molar-refractivity contribution in [1.29, 1.82) is 0 Å². The van der Waals surface area contributed by atoms with Crippen LogP contribution in [0.5, 0.6) is 11.5 Å². The lowest BCUT2D eigenvalue weighted by Crippen LogP contribution is -2.27. The molecule has 0 unspecified atom stereocenters. The molecule has 0 aliphatic carbocycles. The lowest BCUT2D eigenvalue weighted by Gasteiger charge is -2.12. The van der Waals surface area contributed by atoms with Crippen LogP contribution < -0.4 is 20.5 Å². The fourth-order valence-electron chi connectivity index (χ4n) is 2.83. The number of ether oxygens (including phenoxy) is 2. The van der Waals surface area contributed by atoms with E-state index >= 15 is 0 Å². The fourth-order valence-corrected chi connectivity index (χ4v) is 2.83. The molecular weight excluding hydrogens is 372 g/mol. The number of carbonyl (C=O) groups excluding carboxylic acids is 1. The predicted octanol–water partition coefficient (Wildman–Crippen LogP) is 2.33. The summed E-state index contributed by atoms with van der Waals surface area (Å²) in [6.45, 7) is 5.32. The third kappa shape index (κ3) is 5.04. The summed E-state index contributed by atoms with van der Waals surface area (Å²) in [6, 6.07) is 14.6. The first-order chi connectivity index (χ1) is 14.1. The van der Waals surface area contributed by atoms with E-state index in [-0.39, 0.29) is 5.82 Å². The summed E-state index contributed by atoms with van der Waals surface area (Å²) in [4.78, 5) is 26.9. The molecule has 1 heterocycles. The van der Waals surface area contributed by atoms with Gasteiger partial charge in [-0.25, -0.2) is 4.79 Å². The zero-order valence-corrected chi connectivity index (χ0v) is 16.5. The molecule has 0 bridgehead atoms. The molecule has 0 saturated carbocycles. The molecule has 3 aromatic rings. The minimum Gasteiger partial charge on any atom is -0.490 e. The SMILES string of the molecule is CCOc1ccc(CCNC(=O)c2nn(-c3ccccc3)c(=O)[nH]2)cc1OCC. The molecule has 0 spiro atoms. The highest BCUT2D eigenvalue weighted by molar-refractivity contribution is 5.90. The van der Waals surface area contributed by atoms with Gasteiger partial charge in [-0.2, -0.15) is 4.68 Å². The van der Waals surface area contributed by atoms with Crippen molar-refractivity contribution >= 4 is 5.91 Å². The van der Waals surface area contributed by atoms with Gasteiger partial charge in [-0.3, -0.25) is 9.78 Å². The molecule has 2 N–H and O–H groups in total. The summed E-state index contributed by atoms with van der Waals surface area (Å²) in [7, 11) is 0. The van der Waals surface area contributed by atoms with Crippen LogP contribution in [0, 0.1) is 0 Å². The van der Waals surface area contributed by atoms with Crippen molar-refractivity contribution in [3.63, 3.8) is 0 Å². The molecular formula is C21H24N4O4. The third-order valence-corrected chi connectivity index (χ3v) is 4.14. The number of hydrogen-bond donors (Lipinski definition) is 2. The van der Waals surface area contributed by atoms with E-state index in [9.17, 15) is 9.59 Å². The monoisotopic (exact) mass is 396 g/mol. The molecule has 0 radical (unpaired) electrons. The van der Waals surface area contributed by atoms with Crippen LogP contribution >= 0.6 is 0 Å². The summed E-state index contributed by atoms with van der Waals surface area (Å²) >= 11 is 0. The van der Waals surface area contributed by atoms with E-state index in [0.29, 0.717) is 43.4 Å². The van der Waals surface area contributed by atoms with Gasteiger partial charge in [-0.05, 0) is 50.1 Å². The van der Waals surface area contributed by atoms with Crippen LogP contribution in [0.3, 0.4) is 0 Å². The first-order valence-electron chi connectivity index (χ1n) is 9.53. The number of aromatic amines is 1. The van der Waals surface area contributed by atoms with Crippen molar-refractivity contribution in [2.45, 2.75) is 20.3 Å². The Morgan fingerprint density at radius 1 is 1.07 bits per heavy atom. The first-order valence-corrected chi connectivity index (χ1v) is 9.53. The van der Waals surface area contributed by atoms with Gasteiger partial charge in [0, 0.05) is 6.54 Å². The van der Waals surface area contributed by atoms with Crippen LogP contribution in [0.25, 0.3) is 5.69 Å². The minimum absolute atomic E-state index is 0.0273. The summed E-state index contributed by atoms with van der Waals surface area (Å²) in [5.41, 5.74) is 1.13. The Labute approximate surface area is 168 Å². The second kappa shape index (κ2) is 9.59. The molecule has 3 rings (SSSR count). The lowest BCUT2D eigenvalue weighted by molar-refractivity contribution is 0.0944. The molecule has 0 fully saturated rings. The van der Waals surface area contributed by atoms with Gasteiger partial charge in [0.25, 0.3) is 5.91 Å². The lowest BCUT2D eigenvalue weighted by atomic mass is 10.1. The normalized spacial score (nSPS) is 10.6. The van der Waals surface area contributed by atoms with Crippen LogP contribution in [-0.2, 0) is 6.42 Å². The quantitative estimate of drug-likeness (QED) is 0.578. The summed E-state index contributed by atoms with van der Waals surface area (Å²) in [5.74, 6) is 0.920. The van der Waals surface area contributed by atoms with Crippen LogP contribution in [-0.4, -0.2) is 40.4 Å². The number of nitrogens with one attached hydrogen (secondary N) is 2. The number of para-hydroxylation sites is 1. The zero-order valence-electron chi connectivity index (χ0n) is 16.5. The van der Waals surface area contributed by atoms with E-state index < -0.39 is 11.6 Å². The Morgan fingerprint density at radius 3 is 2.52 bits per heavy atom. The maximum absolute atomic E-state index is 12.3. The molecule has 8 heteroatoms. The molecule has 0 aliphatic rings. The number of aromatic nitrogens is 3. The van der Waals surface area contributed by atoms with Gasteiger partial charge in [0.05, 0.1) is 18.9 Å². The number of carbonyl (C=O) groups is 1. The molecule has 0 atom stereocenters. The van der Waals surface area contributed by atoms with Crippen LogP contribution in [0.4, 0.5) is 0 Å². The standard InChI is InChI=1S/C21H24N4O4/c1-3-28-17-11-10-15(14-18(17)29-4-2)12-13-22-20(26)19-23-21(27)25(24-19)16-8-6-5-7-9-16/h5-11,14H,3-4,12-13H2,1-2H3,(H,22,26)(H,23,24,27). The molecule has 152 valence electrons. The van der Waals surface area contributed by atoms with Crippen LogP contribution in [0.15, 0.2) is 53.3 Å². The Hall–Kier alpha value is -3.55. The van der Waals surface area contributed by atoms with E-state index in [0.717, 1.165) is 10.2 Å². The maximum Gasteiger partial charge on any atom is 0.348 e. The highest BCUT2D eigenvalue weighted by Crippen LogP contribution is 2.28. The fraction of sp³-hybridized carbons (Fsp3) is 0.286. The van der Waals surface area contributed by atoms with Gasteiger partial charge < -0.3 is 14.8 Å². The van der Waals surface area contributed by atoms with Crippen molar-refractivity contribution in [2.75, 3.05) is 19.8 Å². The molecule has 8 nitrogen and oxygen atoms in total.